The van der Waals surface area contributed by atoms with Crippen LogP contribution in [0.5, 0.6) is 0 Å². The fourth-order valence-corrected chi connectivity index (χ4v) is 3.06. The molecule has 163 valence electrons. The monoisotopic (exact) mass is 573 g/mol. The molecule has 0 N–H and O–H groups in total. The third-order valence-electron chi connectivity index (χ3n) is 4.16. The number of halogens is 6. The van der Waals surface area contributed by atoms with Gasteiger partial charge in [0.1, 0.15) is 0 Å². The van der Waals surface area contributed by atoms with Crippen molar-refractivity contribution in [1.82, 2.24) is 0 Å². The van der Waals surface area contributed by atoms with Crippen molar-refractivity contribution in [2.24, 2.45) is 0 Å². The van der Waals surface area contributed by atoms with Crippen LogP contribution in [0.2, 0.25) is 10.0 Å². The summed E-state index contributed by atoms with van der Waals surface area (Å²) in [5.41, 5.74) is 4.15. The zero-order chi connectivity index (χ0) is 22.4. The van der Waals surface area contributed by atoms with E-state index in [-0.39, 0.29) is 0 Å². The zero-order valence-corrected chi connectivity index (χ0v) is 21.3. The van der Waals surface area contributed by atoms with Crippen molar-refractivity contribution in [2.45, 2.75) is 0 Å². The molecule has 0 aliphatic heterocycles. The van der Waals surface area contributed by atoms with E-state index in [1.54, 1.807) is 0 Å². The van der Waals surface area contributed by atoms with Gasteiger partial charge in [0.05, 0.1) is 23.3 Å². The SMILES string of the molecule is Clc1ccc(-c2cc(-c3ccccc3)[o+]c(-c3ccc(Cl)cc3)c2)cc1.[Cl][Fe-]([Cl])([Cl])[Cl]. The molecule has 4 aromatic rings. The van der Waals surface area contributed by atoms with E-state index < -0.39 is 9.20 Å². The molecule has 1 aromatic heterocycles. The van der Waals surface area contributed by atoms with Gasteiger partial charge >= 0.3 is 61.1 Å². The second-order valence-corrected chi connectivity index (χ2v) is 18.1. The predicted molar refractivity (Wildman–Crippen MR) is 133 cm³/mol. The standard InChI is InChI=1S/C23H15Cl2O.4ClH.Fe/c24-20-10-6-16(7-11-20)19-14-22(17-4-2-1-3-5-17)26-23(15-19)18-8-12-21(25)13-9-18;;;;;/h1-15H;4*1H;/q+1;;;;;+3/p-4. The topological polar surface area (TPSA) is 11.3 Å². The number of rotatable bonds is 3. The van der Waals surface area contributed by atoms with Crippen molar-refractivity contribution < 1.29 is 13.6 Å². The molecule has 0 aliphatic carbocycles. The normalized spacial score (nSPS) is 11.4. The summed E-state index contributed by atoms with van der Waals surface area (Å²) in [7, 11) is 17.2. The number of hydrogen-bond acceptors (Lipinski definition) is 0. The first-order valence-electron chi connectivity index (χ1n) is 8.78. The first kappa shape index (κ1) is 24.7. The van der Waals surface area contributed by atoms with Crippen molar-refractivity contribution >= 4 is 63.6 Å². The molecule has 8 heteroatoms. The summed E-state index contributed by atoms with van der Waals surface area (Å²) in [6.45, 7) is 0. The van der Waals surface area contributed by atoms with Gasteiger partial charge in [0.2, 0.25) is 0 Å². The van der Waals surface area contributed by atoms with Crippen LogP contribution in [-0.2, 0) is 9.20 Å². The molecule has 3 aromatic carbocycles. The van der Waals surface area contributed by atoms with E-state index in [4.69, 9.17) is 68.0 Å². The Kier molecular flexibility index (Phi) is 8.99. The Morgan fingerprint density at radius 2 is 0.871 bits per heavy atom. The van der Waals surface area contributed by atoms with Crippen molar-refractivity contribution in [3.8, 4) is 33.8 Å². The number of benzene rings is 3. The minimum absolute atomic E-state index is 0.700. The van der Waals surface area contributed by atoms with E-state index in [1.165, 1.54) is 0 Å². The molecule has 4 rings (SSSR count). The third-order valence-corrected chi connectivity index (χ3v) is 4.66. The second-order valence-electron chi connectivity index (χ2n) is 6.26. The van der Waals surface area contributed by atoms with Crippen LogP contribution in [0, 0.1) is 0 Å². The molecule has 0 unspecified atom stereocenters. The molecule has 31 heavy (non-hydrogen) atoms. The van der Waals surface area contributed by atoms with Crippen molar-refractivity contribution in [3.63, 3.8) is 0 Å². The Balaban J connectivity index is 0.000000491. The van der Waals surface area contributed by atoms with E-state index in [2.05, 4.69) is 6.07 Å². The summed E-state index contributed by atoms with van der Waals surface area (Å²) in [5.74, 6) is 1.59. The summed E-state index contributed by atoms with van der Waals surface area (Å²) in [4.78, 5) is 0. The average molecular weight is 576 g/mol. The summed E-state index contributed by atoms with van der Waals surface area (Å²) in [6, 6.07) is 29.6. The Labute approximate surface area is 210 Å². The molecular weight excluding hydrogens is 561 g/mol. The summed E-state index contributed by atoms with van der Waals surface area (Å²) >= 11 is 12.1. The van der Waals surface area contributed by atoms with Crippen LogP contribution in [0.4, 0.5) is 0 Å². The molecule has 0 saturated carbocycles. The molecule has 0 fully saturated rings. The number of hydrogen-bond donors (Lipinski definition) is 0. The van der Waals surface area contributed by atoms with Crippen LogP contribution in [0.1, 0.15) is 0 Å². The Morgan fingerprint density at radius 3 is 1.32 bits per heavy atom. The van der Waals surface area contributed by atoms with Gasteiger partial charge in [-0.3, -0.25) is 0 Å². The second kappa shape index (κ2) is 11.3. The molecule has 1 heterocycles. The molecule has 0 amide bonds. The van der Waals surface area contributed by atoms with Gasteiger partial charge < -0.3 is 0 Å². The molecule has 0 saturated heterocycles. The van der Waals surface area contributed by atoms with Crippen molar-refractivity contribution in [3.05, 3.63) is 101 Å². The van der Waals surface area contributed by atoms with Crippen LogP contribution < -0.4 is 0 Å². The van der Waals surface area contributed by atoms with Crippen LogP contribution in [0.15, 0.2) is 95.4 Å². The van der Waals surface area contributed by atoms with E-state index >= 15 is 0 Å². The van der Waals surface area contributed by atoms with E-state index in [1.807, 2.05) is 84.9 Å². The molecule has 0 radical (unpaired) electrons. The van der Waals surface area contributed by atoms with E-state index in [0.29, 0.717) is 5.02 Å². The maximum atomic E-state index is 6.21. The Hall–Kier alpha value is -0.931. The zero-order valence-electron chi connectivity index (χ0n) is 15.7. The van der Waals surface area contributed by atoms with Gasteiger partial charge in [-0.1, -0.05) is 53.5 Å². The van der Waals surface area contributed by atoms with Crippen LogP contribution in [-0.4, -0.2) is 0 Å². The van der Waals surface area contributed by atoms with Crippen LogP contribution in [0.25, 0.3) is 33.8 Å². The molecular formula is C23H15Cl6FeO. The average Bonchev–Trinajstić information content (AvgIpc) is 2.74. The molecule has 0 aliphatic rings. The maximum absolute atomic E-state index is 6.21. The van der Waals surface area contributed by atoms with Gasteiger partial charge in [0.25, 0.3) is 0 Å². The predicted octanol–water partition coefficient (Wildman–Crippen LogP) is 10.6. The minimum atomic E-state index is -2.61. The first-order chi connectivity index (χ1) is 14.7. The van der Waals surface area contributed by atoms with Gasteiger partial charge in [-0.2, -0.15) is 0 Å². The first-order valence-corrected chi connectivity index (χ1v) is 15.6. The summed E-state index contributed by atoms with van der Waals surface area (Å²) < 4.78 is 6.21. The van der Waals surface area contributed by atoms with Gasteiger partial charge in [-0.25, -0.2) is 4.42 Å². The Bertz CT molecular complexity index is 1060. The van der Waals surface area contributed by atoms with Crippen LogP contribution >= 0.6 is 63.6 Å². The molecule has 0 atom stereocenters. The molecule has 1 nitrogen and oxygen atoms in total. The van der Waals surface area contributed by atoms with E-state index in [9.17, 15) is 0 Å². The molecule has 0 bridgehead atoms. The molecule has 0 spiro atoms. The summed E-state index contributed by atoms with van der Waals surface area (Å²) in [6.07, 6.45) is 0. The van der Waals surface area contributed by atoms with Crippen molar-refractivity contribution in [1.29, 1.82) is 0 Å². The fraction of sp³-hybridized carbons (Fsp3) is 0. The van der Waals surface area contributed by atoms with Gasteiger partial charge in [0, 0.05) is 15.6 Å². The quantitative estimate of drug-likeness (QED) is 0.175. The third kappa shape index (κ3) is 8.17. The van der Waals surface area contributed by atoms with Gasteiger partial charge in [-0.15, -0.1) is 0 Å². The van der Waals surface area contributed by atoms with Crippen LogP contribution in [0.3, 0.4) is 0 Å². The van der Waals surface area contributed by atoms with Crippen molar-refractivity contribution in [2.75, 3.05) is 0 Å². The summed E-state index contributed by atoms with van der Waals surface area (Å²) in [5, 5.41) is 1.42. The van der Waals surface area contributed by atoms with Gasteiger partial charge in [-0.05, 0) is 54.1 Å². The van der Waals surface area contributed by atoms with Gasteiger partial charge in [0.15, 0.2) is 0 Å². The van der Waals surface area contributed by atoms with E-state index in [0.717, 1.165) is 38.8 Å². The fourth-order valence-electron chi connectivity index (χ4n) is 2.81. The Morgan fingerprint density at radius 1 is 0.484 bits per heavy atom.